The fraction of sp³-hybridized carbons (Fsp3) is 1.00. The van der Waals surface area contributed by atoms with Gasteiger partial charge in [0.25, 0.3) is 0 Å². The fourth-order valence-electron chi connectivity index (χ4n) is 0.982. The number of unbranched alkanes of at least 4 members (excludes halogenated alkanes) is 2. The van der Waals surface area contributed by atoms with Crippen LogP contribution in [0.1, 0.15) is 33.3 Å². The van der Waals surface area contributed by atoms with Crippen molar-refractivity contribution < 1.29 is 169 Å². The van der Waals surface area contributed by atoms with Crippen molar-refractivity contribution in [3.05, 3.63) is 0 Å². The van der Waals surface area contributed by atoms with E-state index in [-0.39, 0.29) is 155 Å². The van der Waals surface area contributed by atoms with E-state index in [1.807, 2.05) is 0 Å². The molecule has 0 saturated heterocycles. The first-order valence-corrected chi connectivity index (χ1v) is 6.81. The van der Waals surface area contributed by atoms with Gasteiger partial charge >= 0.3 is 156 Å². The Morgan fingerprint density at radius 3 is 2.19 bits per heavy atom. The molecule has 0 radical (unpaired) electrons. The number of nitrogens with one attached hydrogen (secondary N) is 2. The molecule has 0 aromatic heterocycles. The van der Waals surface area contributed by atoms with Gasteiger partial charge in [0.1, 0.15) is 6.61 Å². The molecule has 12 heteroatoms. The summed E-state index contributed by atoms with van der Waals surface area (Å²) in [6.07, 6.45) is 3.12. The number of nitrogens with two attached hydrogens (primary N) is 1. The molecule has 106 valence electrons. The van der Waals surface area contributed by atoms with Crippen LogP contribution in [0.5, 0.6) is 0 Å². The van der Waals surface area contributed by atoms with E-state index in [2.05, 4.69) is 17.7 Å². The molecule has 1 atom stereocenters. The van der Waals surface area contributed by atoms with Gasteiger partial charge in [-0.25, -0.2) is 0 Å². The largest absolute Gasteiger partial charge is 1.00 e. The van der Waals surface area contributed by atoms with E-state index >= 15 is 0 Å². The van der Waals surface area contributed by atoms with Gasteiger partial charge in [-0.2, -0.15) is 0 Å². The molecule has 0 aromatic rings. The molecule has 6 nitrogen and oxygen atoms in total. The molecule has 0 aliphatic carbocycles. The third-order valence-electron chi connectivity index (χ3n) is 1.81. The van der Waals surface area contributed by atoms with Crippen LogP contribution < -0.4 is 164 Å². The van der Waals surface area contributed by atoms with E-state index in [9.17, 15) is 4.57 Å². The van der Waals surface area contributed by atoms with E-state index < -0.39 is 8.25 Å². The Kier molecular flexibility index (Phi) is 69.4. The molecule has 21 heavy (non-hydrogen) atoms. The summed E-state index contributed by atoms with van der Waals surface area (Å²) < 4.78 is 20.8. The summed E-state index contributed by atoms with van der Waals surface area (Å²) in [5.41, 5.74) is 7.86. The van der Waals surface area contributed by atoms with Crippen LogP contribution >= 0.6 is 8.25 Å². The topological polar surface area (TPSA) is 85.6 Å². The molecule has 0 heterocycles. The van der Waals surface area contributed by atoms with Crippen LogP contribution in [0.15, 0.2) is 0 Å². The van der Waals surface area contributed by atoms with Crippen molar-refractivity contribution >= 4 is 8.25 Å². The molecule has 4 N–H and O–H groups in total. The van der Waals surface area contributed by atoms with Gasteiger partial charge in [0.15, 0.2) is 0 Å². The molecule has 0 aliphatic rings. The fourth-order valence-corrected chi connectivity index (χ4v) is 1.51. The third kappa shape index (κ3) is 36.6. The monoisotopic (exact) mass is 372 g/mol. The van der Waals surface area contributed by atoms with Gasteiger partial charge in [-0.3, -0.25) is 0 Å². The normalized spacial score (nSPS) is 8.95. The first-order valence-electron chi connectivity index (χ1n) is 5.72. The van der Waals surface area contributed by atoms with Gasteiger partial charge in [0.05, 0.1) is 0 Å². The molecular weight excluding hydrogens is 344 g/mol. The minimum atomic E-state index is -2.04. The quantitative estimate of drug-likeness (QED) is 0.137. The zero-order valence-corrected chi connectivity index (χ0v) is 25.8. The molecule has 0 fully saturated rings. The molecular formula is C9H28N3Na5O3P+. The molecule has 0 saturated carbocycles. The Bertz CT molecular complexity index is 207. The molecule has 0 aromatic carbocycles. The van der Waals surface area contributed by atoms with Crippen LogP contribution in [-0.2, 0) is 13.7 Å². The Morgan fingerprint density at radius 2 is 1.67 bits per heavy atom. The number of hydrogen-bond acceptors (Lipinski definition) is 6. The van der Waals surface area contributed by atoms with E-state index in [1.54, 1.807) is 0 Å². The minimum Gasteiger partial charge on any atom is -1.00 e. The Balaban J connectivity index is -0.0000000250. The third-order valence-corrected chi connectivity index (χ3v) is 2.48. The summed E-state index contributed by atoms with van der Waals surface area (Å²) >= 11 is 0. The van der Waals surface area contributed by atoms with Gasteiger partial charge in [-0.05, 0) is 11.0 Å². The zero-order valence-electron chi connectivity index (χ0n) is 19.9. The number of hydrogen-bond donors (Lipinski definition) is 3. The summed E-state index contributed by atoms with van der Waals surface area (Å²) in [4.78, 5) is 0. The van der Waals surface area contributed by atoms with E-state index in [1.165, 1.54) is 0 Å². The van der Waals surface area contributed by atoms with Crippen molar-refractivity contribution in [2.45, 2.75) is 26.2 Å². The van der Waals surface area contributed by atoms with Gasteiger partial charge in [-0.15, -0.1) is 10.0 Å². The molecule has 0 amide bonds. The second-order valence-corrected chi connectivity index (χ2v) is 4.18. The summed E-state index contributed by atoms with van der Waals surface area (Å²) in [6, 6.07) is 0. The molecule has 1 unspecified atom stereocenters. The molecule has 0 spiro atoms. The van der Waals surface area contributed by atoms with Crippen LogP contribution in [-0.4, -0.2) is 32.8 Å². The van der Waals surface area contributed by atoms with Crippen LogP contribution in [0.2, 0.25) is 0 Å². The molecule has 0 bridgehead atoms. The predicted octanol–water partition coefficient (Wildman–Crippen LogP) is -13.5. The van der Waals surface area contributed by atoms with Gasteiger partial charge in [-0.1, -0.05) is 19.8 Å². The van der Waals surface area contributed by atoms with Crippen LogP contribution in [0, 0.1) is 0 Å². The minimum absolute atomic E-state index is 0. The summed E-state index contributed by atoms with van der Waals surface area (Å²) in [7, 11) is -2.04. The van der Waals surface area contributed by atoms with Crippen LogP contribution in [0.4, 0.5) is 0 Å². The average Bonchev–Trinajstić information content (AvgIpc) is 2.29. The Hall–Kier alpha value is 4.90. The predicted molar refractivity (Wildman–Crippen MR) is 69.7 cm³/mol. The maximum atomic E-state index is 11.1. The van der Waals surface area contributed by atoms with Crippen molar-refractivity contribution in [2.75, 3.05) is 32.8 Å². The summed E-state index contributed by atoms with van der Waals surface area (Å²) in [5, 5.41) is 3.07. The standard InChI is InChI=1S/C9H23N3O3P.5Na.5H/c1-2-3-4-9-14-16(13)15-12-8-7-11-6-5-10;;;;;;;;;;/h11-12H,2-10H2,1H3;;;;;;;;;;/q6*+1;5*-1. The average molecular weight is 372 g/mol. The summed E-state index contributed by atoms with van der Waals surface area (Å²) in [5.74, 6) is 0. The second-order valence-electron chi connectivity index (χ2n) is 3.29. The SMILES string of the molecule is CCCCCO[P+](=O)ONCCNCCN.[H-].[H-].[H-].[H-].[H-].[Na+].[Na+].[Na+].[Na+].[Na+]. The van der Waals surface area contributed by atoms with E-state index in [0.717, 1.165) is 32.4 Å². The van der Waals surface area contributed by atoms with Crippen molar-refractivity contribution in [1.29, 1.82) is 0 Å². The van der Waals surface area contributed by atoms with Crippen LogP contribution in [0.25, 0.3) is 0 Å². The smallest absolute Gasteiger partial charge is 1.00 e. The number of rotatable bonds is 12. The van der Waals surface area contributed by atoms with Gasteiger partial charge < -0.3 is 18.2 Å². The Labute approximate surface area is 248 Å². The van der Waals surface area contributed by atoms with E-state index in [4.69, 9.17) is 14.9 Å². The van der Waals surface area contributed by atoms with Crippen molar-refractivity contribution in [3.8, 4) is 0 Å². The van der Waals surface area contributed by atoms with E-state index in [0.29, 0.717) is 19.7 Å². The maximum Gasteiger partial charge on any atom is 1.00 e. The zero-order chi connectivity index (χ0) is 12.1. The Morgan fingerprint density at radius 1 is 1.05 bits per heavy atom. The molecule has 0 rings (SSSR count). The van der Waals surface area contributed by atoms with Gasteiger partial charge in [0.2, 0.25) is 0 Å². The maximum absolute atomic E-state index is 11.1. The second kappa shape index (κ2) is 35.9. The van der Waals surface area contributed by atoms with Gasteiger partial charge in [0, 0.05) is 30.7 Å². The molecule has 0 aliphatic heterocycles. The van der Waals surface area contributed by atoms with Crippen molar-refractivity contribution in [3.63, 3.8) is 0 Å². The first kappa shape index (κ1) is 40.6. The van der Waals surface area contributed by atoms with Crippen molar-refractivity contribution in [1.82, 2.24) is 10.8 Å². The number of hydroxylamine groups is 1. The van der Waals surface area contributed by atoms with Crippen LogP contribution in [0.3, 0.4) is 0 Å². The summed E-state index contributed by atoms with van der Waals surface area (Å²) in [6.45, 7) is 5.25. The first-order chi connectivity index (χ1) is 7.81. The van der Waals surface area contributed by atoms with Crippen molar-refractivity contribution in [2.24, 2.45) is 5.73 Å².